The zero-order chi connectivity index (χ0) is 8.85. The van der Waals surface area contributed by atoms with Crippen LogP contribution in [0.5, 0.6) is 0 Å². The van der Waals surface area contributed by atoms with Gasteiger partial charge in [0, 0.05) is 0 Å². The van der Waals surface area contributed by atoms with Crippen molar-refractivity contribution < 1.29 is 4.39 Å². The molecule has 1 rings (SSSR count). The maximum Gasteiger partial charge on any atom is 0.156 e. The minimum Gasteiger partial charge on any atom is -0.244 e. The average molecular weight is 233 g/mol. The first-order valence-electron chi connectivity index (χ1n) is 2.88. The number of hydrogen-bond acceptors (Lipinski definition) is 1. The lowest BCUT2D eigenvalue weighted by Crippen LogP contribution is -1.79. The van der Waals surface area contributed by atoms with Gasteiger partial charge in [-0.1, -0.05) is 12.1 Å². The van der Waals surface area contributed by atoms with Crippen LogP contribution in [0.4, 0.5) is 4.39 Å². The number of rotatable bonds is 0. The summed E-state index contributed by atoms with van der Waals surface area (Å²) < 4.78 is 13.1. The molecule has 0 aromatic heterocycles. The zero-order valence-electron chi connectivity index (χ0n) is 6.01. The molecule has 0 aliphatic heterocycles. The molecule has 0 saturated heterocycles. The summed E-state index contributed by atoms with van der Waals surface area (Å²) in [5.74, 6) is -0.199. The van der Waals surface area contributed by atoms with E-state index in [-0.39, 0.29) is 5.82 Å². The van der Waals surface area contributed by atoms with Crippen LogP contribution in [0, 0.1) is 12.7 Å². The highest BCUT2D eigenvalue weighted by Crippen LogP contribution is 2.18. The number of hydrogen-bond donors (Lipinski definition) is 1. The van der Waals surface area contributed by atoms with E-state index in [1.165, 1.54) is 6.07 Å². The highest BCUT2D eigenvalue weighted by molar-refractivity contribution is 9.10. The van der Waals surface area contributed by atoms with E-state index in [9.17, 15) is 4.39 Å². The standard InChI is InChI=1S/C7H6BrF.BHS/c1-5-3-2-4-6(9)7(5)8;1-2/h2-4H,1H3;2H. The Kier molecular flexibility index (Phi) is 5.69. The van der Waals surface area contributed by atoms with Crippen molar-refractivity contribution in [1.29, 1.82) is 0 Å². The Bertz CT molecular complexity index is 209. The van der Waals surface area contributed by atoms with Gasteiger partial charge in [0.1, 0.15) is 5.82 Å². The quantitative estimate of drug-likeness (QED) is 0.516. The molecule has 0 atom stereocenters. The third-order valence-electron chi connectivity index (χ3n) is 1.14. The predicted molar refractivity (Wildman–Crippen MR) is 53.6 cm³/mol. The lowest BCUT2D eigenvalue weighted by molar-refractivity contribution is 0.619. The molecule has 0 aliphatic rings. The van der Waals surface area contributed by atoms with Gasteiger partial charge in [0.2, 0.25) is 0 Å². The fourth-order valence-electron chi connectivity index (χ4n) is 0.612. The number of thiol groups is 1. The van der Waals surface area contributed by atoms with Crippen molar-refractivity contribution in [2.24, 2.45) is 0 Å². The van der Waals surface area contributed by atoms with Gasteiger partial charge >= 0.3 is 0 Å². The fourth-order valence-corrected chi connectivity index (χ4v) is 0.876. The lowest BCUT2D eigenvalue weighted by Gasteiger charge is -1.95. The molecule has 0 saturated carbocycles. The highest BCUT2D eigenvalue weighted by Gasteiger charge is 1.97. The van der Waals surface area contributed by atoms with Crippen LogP contribution in [0.3, 0.4) is 0 Å². The summed E-state index contributed by atoms with van der Waals surface area (Å²) in [6, 6.07) is 4.97. The monoisotopic (exact) mass is 232 g/mol. The summed E-state index contributed by atoms with van der Waals surface area (Å²) in [7, 11) is 4.19. The van der Waals surface area contributed by atoms with E-state index in [1.807, 2.05) is 13.0 Å². The second kappa shape index (κ2) is 5.66. The average Bonchev–Trinajstić information content (AvgIpc) is 2.04. The Morgan fingerprint density at radius 3 is 2.36 bits per heavy atom. The van der Waals surface area contributed by atoms with E-state index in [4.69, 9.17) is 0 Å². The molecule has 11 heavy (non-hydrogen) atoms. The first-order chi connectivity index (χ1) is 5.22. The van der Waals surface area contributed by atoms with Crippen molar-refractivity contribution >= 4 is 35.5 Å². The third kappa shape index (κ3) is 3.30. The van der Waals surface area contributed by atoms with Gasteiger partial charge in [0.15, 0.2) is 7.12 Å². The Labute approximate surface area is 81.0 Å². The molecule has 4 heteroatoms. The molecule has 0 spiro atoms. The predicted octanol–water partition coefficient (Wildman–Crippen LogP) is 2.90. The third-order valence-corrected chi connectivity index (χ3v) is 2.15. The van der Waals surface area contributed by atoms with E-state index in [1.54, 1.807) is 6.07 Å². The lowest BCUT2D eigenvalue weighted by atomic mass is 10.2. The summed E-state index contributed by atoms with van der Waals surface area (Å²) in [5.41, 5.74) is 0.926. The number of benzene rings is 1. The van der Waals surface area contributed by atoms with Crippen LogP contribution in [0.2, 0.25) is 0 Å². The molecule has 0 fully saturated rings. The minimum atomic E-state index is -0.199. The summed E-state index contributed by atoms with van der Waals surface area (Å²) in [6.07, 6.45) is 0. The Hall–Kier alpha value is 0.0449. The van der Waals surface area contributed by atoms with Crippen molar-refractivity contribution in [1.82, 2.24) is 0 Å². The van der Waals surface area contributed by atoms with Crippen molar-refractivity contribution in [3.8, 4) is 0 Å². The maximum absolute atomic E-state index is 12.5. The molecule has 2 radical (unpaired) electrons. The highest BCUT2D eigenvalue weighted by atomic mass is 79.9. The summed E-state index contributed by atoms with van der Waals surface area (Å²) in [4.78, 5) is 0. The fraction of sp³-hybridized carbons (Fsp3) is 0.143. The second-order valence-electron chi connectivity index (χ2n) is 1.87. The van der Waals surface area contributed by atoms with Crippen LogP contribution < -0.4 is 0 Å². The van der Waals surface area contributed by atoms with Crippen molar-refractivity contribution in [3.05, 3.63) is 34.1 Å². The van der Waals surface area contributed by atoms with Gasteiger partial charge < -0.3 is 0 Å². The van der Waals surface area contributed by atoms with E-state index in [2.05, 4.69) is 35.5 Å². The molecule has 1 aromatic rings. The molecular formula is C7H7BBrFS. The molecular weight excluding hydrogens is 226 g/mol. The van der Waals surface area contributed by atoms with Crippen LogP contribution in [0.15, 0.2) is 22.7 Å². The van der Waals surface area contributed by atoms with Crippen molar-refractivity contribution in [2.75, 3.05) is 0 Å². The Balaban J connectivity index is 0.000000461. The second-order valence-corrected chi connectivity index (χ2v) is 2.66. The largest absolute Gasteiger partial charge is 0.244 e. The molecule has 1 aromatic carbocycles. The summed E-state index contributed by atoms with van der Waals surface area (Å²) >= 11 is 6.13. The van der Waals surface area contributed by atoms with E-state index in [0.717, 1.165) is 5.56 Å². The van der Waals surface area contributed by atoms with Gasteiger partial charge in [-0.05, 0) is 34.5 Å². The van der Waals surface area contributed by atoms with Gasteiger partial charge in [0.05, 0.1) is 4.47 Å². The number of halogens is 2. The smallest absolute Gasteiger partial charge is 0.156 e. The zero-order valence-corrected chi connectivity index (χ0v) is 8.49. The maximum atomic E-state index is 12.5. The van der Waals surface area contributed by atoms with Gasteiger partial charge in [-0.15, -0.1) is 0 Å². The van der Waals surface area contributed by atoms with Crippen molar-refractivity contribution in [3.63, 3.8) is 0 Å². The SMILES string of the molecule is Cc1cccc(F)c1Br.[B]S. The normalized spacial score (nSPS) is 8.36. The van der Waals surface area contributed by atoms with E-state index < -0.39 is 0 Å². The summed E-state index contributed by atoms with van der Waals surface area (Å²) in [5, 5.41) is 0. The molecule has 0 bridgehead atoms. The van der Waals surface area contributed by atoms with Gasteiger partial charge in [-0.3, -0.25) is 0 Å². The first kappa shape index (κ1) is 11.0. The molecule has 0 amide bonds. The van der Waals surface area contributed by atoms with Crippen LogP contribution in [0.25, 0.3) is 0 Å². The summed E-state index contributed by atoms with van der Waals surface area (Å²) in [6.45, 7) is 1.85. The van der Waals surface area contributed by atoms with E-state index in [0.29, 0.717) is 4.47 Å². The molecule has 0 nitrogen and oxygen atoms in total. The van der Waals surface area contributed by atoms with Gasteiger partial charge in [-0.25, -0.2) is 16.9 Å². The molecule has 0 heterocycles. The van der Waals surface area contributed by atoms with Crippen LogP contribution in [-0.4, -0.2) is 7.12 Å². The molecule has 58 valence electrons. The van der Waals surface area contributed by atoms with Crippen LogP contribution >= 0.6 is 28.4 Å². The minimum absolute atomic E-state index is 0.199. The van der Waals surface area contributed by atoms with Crippen LogP contribution in [-0.2, 0) is 0 Å². The molecule has 0 aliphatic carbocycles. The molecule has 0 N–H and O–H groups in total. The van der Waals surface area contributed by atoms with Gasteiger partial charge in [0.25, 0.3) is 0 Å². The molecule has 0 unspecified atom stereocenters. The Morgan fingerprint density at radius 1 is 1.45 bits per heavy atom. The first-order valence-corrected chi connectivity index (χ1v) is 4.19. The van der Waals surface area contributed by atoms with Crippen molar-refractivity contribution in [2.45, 2.75) is 6.92 Å². The van der Waals surface area contributed by atoms with Gasteiger partial charge in [-0.2, -0.15) is 0 Å². The topological polar surface area (TPSA) is 0 Å². The van der Waals surface area contributed by atoms with Crippen LogP contribution in [0.1, 0.15) is 5.56 Å². The number of aryl methyl sites for hydroxylation is 1. The van der Waals surface area contributed by atoms with E-state index >= 15 is 0 Å². The Morgan fingerprint density at radius 2 is 2.00 bits per heavy atom.